The molecule has 106 valence electrons. The van der Waals surface area contributed by atoms with Crippen molar-refractivity contribution in [1.29, 1.82) is 0 Å². The van der Waals surface area contributed by atoms with Crippen LogP contribution in [0.3, 0.4) is 0 Å². The lowest BCUT2D eigenvalue weighted by atomic mass is 10.3. The largest absolute Gasteiger partial charge is 0.415 e. The van der Waals surface area contributed by atoms with Gasteiger partial charge in [-0.2, -0.15) is 0 Å². The molecule has 4 nitrogen and oxygen atoms in total. The molecule has 0 saturated carbocycles. The molecule has 2 aromatic heterocycles. The molecule has 2 aromatic rings. The van der Waals surface area contributed by atoms with Crippen molar-refractivity contribution in [2.24, 2.45) is 0 Å². The van der Waals surface area contributed by atoms with E-state index in [1.165, 1.54) is 22.7 Å². The monoisotopic (exact) mass is 310 g/mol. The zero-order chi connectivity index (χ0) is 14.5. The maximum absolute atomic E-state index is 11.6. The molecule has 0 saturated heterocycles. The lowest BCUT2D eigenvalue weighted by Crippen LogP contribution is -2.13. The highest BCUT2D eigenvalue weighted by atomic mass is 32.1. The lowest BCUT2D eigenvalue weighted by Gasteiger charge is -2.02. The maximum Gasteiger partial charge on any atom is 0.312 e. The Morgan fingerprint density at radius 1 is 0.850 bits per heavy atom. The molecule has 0 aliphatic heterocycles. The van der Waals surface area contributed by atoms with Gasteiger partial charge in [0.25, 0.3) is 0 Å². The molecule has 0 atom stereocenters. The summed E-state index contributed by atoms with van der Waals surface area (Å²) in [6.45, 7) is 3.87. The molecule has 0 spiro atoms. The van der Waals surface area contributed by atoms with Crippen molar-refractivity contribution in [2.45, 2.75) is 26.7 Å². The maximum atomic E-state index is 11.6. The highest BCUT2D eigenvalue weighted by Gasteiger charge is 2.12. The molecule has 0 N–H and O–H groups in total. The summed E-state index contributed by atoms with van der Waals surface area (Å²) in [5, 5.41) is 1.10. The molecule has 6 heteroatoms. The average molecular weight is 310 g/mol. The summed E-state index contributed by atoms with van der Waals surface area (Å²) >= 11 is 2.80. The van der Waals surface area contributed by atoms with E-state index in [-0.39, 0.29) is 12.8 Å². The molecule has 0 unspecified atom stereocenters. The highest BCUT2D eigenvalue weighted by Crippen LogP contribution is 2.25. The summed E-state index contributed by atoms with van der Waals surface area (Å²) in [5.41, 5.74) is 0. The van der Waals surface area contributed by atoms with Crippen LogP contribution in [-0.2, 0) is 9.59 Å². The van der Waals surface area contributed by atoms with Crippen LogP contribution >= 0.6 is 22.7 Å². The van der Waals surface area contributed by atoms with E-state index >= 15 is 0 Å². The lowest BCUT2D eigenvalue weighted by molar-refractivity contribution is -0.140. The number of hydrogen-bond acceptors (Lipinski definition) is 6. The van der Waals surface area contributed by atoms with Crippen molar-refractivity contribution in [3.8, 4) is 10.1 Å². The molecule has 2 rings (SSSR count). The van der Waals surface area contributed by atoms with E-state index in [4.69, 9.17) is 9.47 Å². The third kappa shape index (κ3) is 4.47. The number of hydrogen-bond donors (Lipinski definition) is 0. The van der Waals surface area contributed by atoms with Crippen molar-refractivity contribution < 1.29 is 19.1 Å². The zero-order valence-electron chi connectivity index (χ0n) is 11.2. The van der Waals surface area contributed by atoms with Crippen LogP contribution in [0.2, 0.25) is 0 Å². The average Bonchev–Trinajstić information content (AvgIpc) is 2.96. The first-order valence-electron chi connectivity index (χ1n) is 6.07. The van der Waals surface area contributed by atoms with Crippen LogP contribution in [0, 0.1) is 13.8 Å². The van der Waals surface area contributed by atoms with Crippen LogP contribution < -0.4 is 9.47 Å². The van der Waals surface area contributed by atoms with Crippen molar-refractivity contribution >= 4 is 34.6 Å². The third-order valence-corrected chi connectivity index (χ3v) is 4.15. The summed E-state index contributed by atoms with van der Waals surface area (Å²) in [4.78, 5) is 25.3. The van der Waals surface area contributed by atoms with Gasteiger partial charge in [-0.15, -0.1) is 22.7 Å². The molecule has 0 amide bonds. The summed E-state index contributed by atoms with van der Waals surface area (Å²) in [6, 6.07) is 7.23. The minimum absolute atomic E-state index is 0.0140. The number of esters is 2. The number of carbonyl (C=O) groups is 2. The smallest absolute Gasteiger partial charge is 0.312 e. The minimum Gasteiger partial charge on any atom is -0.415 e. The first-order valence-corrected chi connectivity index (χ1v) is 7.70. The Labute approximate surface area is 125 Å². The summed E-state index contributed by atoms with van der Waals surface area (Å²) < 4.78 is 10.2. The van der Waals surface area contributed by atoms with Crippen molar-refractivity contribution in [3.63, 3.8) is 0 Å². The molecule has 0 bridgehead atoms. The molecule has 2 heterocycles. The second-order valence-electron chi connectivity index (χ2n) is 4.18. The van der Waals surface area contributed by atoms with Gasteiger partial charge in [0.2, 0.25) is 0 Å². The van der Waals surface area contributed by atoms with E-state index in [2.05, 4.69) is 0 Å². The van der Waals surface area contributed by atoms with Gasteiger partial charge in [0.1, 0.15) is 0 Å². The van der Waals surface area contributed by atoms with Crippen molar-refractivity contribution in [3.05, 3.63) is 34.0 Å². The molecular weight excluding hydrogens is 296 g/mol. The SMILES string of the molecule is Cc1ccc(OC(=O)CCC(=O)Oc2ccc(C)s2)s1. The van der Waals surface area contributed by atoms with Gasteiger partial charge in [0.05, 0.1) is 12.8 Å². The van der Waals surface area contributed by atoms with Crippen LogP contribution in [0.1, 0.15) is 22.6 Å². The number of aryl methyl sites for hydroxylation is 2. The Balaban J connectivity index is 1.74. The van der Waals surface area contributed by atoms with Gasteiger partial charge < -0.3 is 9.47 Å². The predicted molar refractivity (Wildman–Crippen MR) is 78.6 cm³/mol. The number of thiophene rings is 2. The van der Waals surface area contributed by atoms with Gasteiger partial charge >= 0.3 is 11.9 Å². The van der Waals surface area contributed by atoms with E-state index in [1.807, 2.05) is 26.0 Å². The van der Waals surface area contributed by atoms with Gasteiger partial charge in [-0.25, -0.2) is 0 Å². The third-order valence-electron chi connectivity index (χ3n) is 2.39. The summed E-state index contributed by atoms with van der Waals surface area (Å²) in [5.74, 6) is -0.850. The predicted octanol–water partition coefficient (Wildman–Crippen LogP) is 3.72. The Bertz CT molecular complexity index is 558. The fourth-order valence-corrected chi connectivity index (χ4v) is 2.91. The van der Waals surface area contributed by atoms with E-state index in [0.29, 0.717) is 10.1 Å². The Morgan fingerprint density at radius 3 is 1.55 bits per heavy atom. The van der Waals surface area contributed by atoms with Gasteiger partial charge in [-0.3, -0.25) is 9.59 Å². The van der Waals surface area contributed by atoms with Gasteiger partial charge in [0.15, 0.2) is 10.1 Å². The fourth-order valence-electron chi connectivity index (χ4n) is 1.46. The van der Waals surface area contributed by atoms with E-state index in [1.54, 1.807) is 12.1 Å². The molecule has 0 radical (unpaired) electrons. The van der Waals surface area contributed by atoms with Gasteiger partial charge in [-0.1, -0.05) is 0 Å². The molecule has 0 aliphatic rings. The normalized spacial score (nSPS) is 10.3. The van der Waals surface area contributed by atoms with Gasteiger partial charge in [-0.05, 0) is 38.1 Å². The topological polar surface area (TPSA) is 52.6 Å². The number of rotatable bonds is 5. The van der Waals surface area contributed by atoms with Crippen LogP contribution in [0.15, 0.2) is 24.3 Å². The molecule has 0 aliphatic carbocycles. The second kappa shape index (κ2) is 6.67. The van der Waals surface area contributed by atoms with E-state index in [0.717, 1.165) is 9.75 Å². The van der Waals surface area contributed by atoms with E-state index in [9.17, 15) is 9.59 Å². The van der Waals surface area contributed by atoms with Crippen molar-refractivity contribution in [1.82, 2.24) is 0 Å². The Morgan fingerprint density at radius 2 is 1.25 bits per heavy atom. The number of ether oxygens (including phenoxy) is 2. The number of carbonyl (C=O) groups excluding carboxylic acids is 2. The molecule has 0 fully saturated rings. The van der Waals surface area contributed by atoms with E-state index < -0.39 is 11.9 Å². The zero-order valence-corrected chi connectivity index (χ0v) is 12.8. The quantitative estimate of drug-likeness (QED) is 0.790. The standard InChI is InChI=1S/C14H14O4S2/c1-9-3-7-13(19-9)17-11(15)5-6-12(16)18-14-8-4-10(2)20-14/h3-4,7-8H,5-6H2,1-2H3. The van der Waals surface area contributed by atoms with Crippen LogP contribution in [0.5, 0.6) is 10.1 Å². The highest BCUT2D eigenvalue weighted by molar-refractivity contribution is 7.14. The summed E-state index contributed by atoms with van der Waals surface area (Å²) in [6.07, 6.45) is 0.0281. The fraction of sp³-hybridized carbons (Fsp3) is 0.286. The second-order valence-corrected chi connectivity index (χ2v) is 6.68. The van der Waals surface area contributed by atoms with Crippen LogP contribution in [0.4, 0.5) is 0 Å². The van der Waals surface area contributed by atoms with Crippen LogP contribution in [-0.4, -0.2) is 11.9 Å². The molecule has 20 heavy (non-hydrogen) atoms. The molecular formula is C14H14O4S2. The van der Waals surface area contributed by atoms with Crippen LogP contribution in [0.25, 0.3) is 0 Å². The first kappa shape index (κ1) is 14.7. The first-order chi connectivity index (χ1) is 9.52. The Hall–Kier alpha value is -1.66. The summed E-state index contributed by atoms with van der Waals surface area (Å²) in [7, 11) is 0. The minimum atomic E-state index is -0.425. The Kier molecular flexibility index (Phi) is 4.92. The molecule has 0 aromatic carbocycles. The van der Waals surface area contributed by atoms with Gasteiger partial charge in [0, 0.05) is 9.75 Å². The van der Waals surface area contributed by atoms with Crippen molar-refractivity contribution in [2.75, 3.05) is 0 Å².